The third-order valence-electron chi connectivity index (χ3n) is 3.24. The molecule has 1 aliphatic heterocycles. The summed E-state index contributed by atoms with van der Waals surface area (Å²) >= 11 is 0. The Morgan fingerprint density at radius 1 is 1.19 bits per heavy atom. The zero-order valence-electron chi connectivity index (χ0n) is 10.9. The second-order valence-corrected chi connectivity index (χ2v) is 4.61. The Balaban J connectivity index is 1.60. The van der Waals surface area contributed by atoms with Gasteiger partial charge in [-0.25, -0.2) is 4.98 Å². The lowest BCUT2D eigenvalue weighted by Gasteiger charge is -2.03. The number of amides is 1. The Hall–Kier alpha value is -3.02. The molecule has 21 heavy (non-hydrogen) atoms. The van der Waals surface area contributed by atoms with Crippen LogP contribution in [0.2, 0.25) is 0 Å². The topological polar surface area (TPSA) is 64.9 Å². The molecule has 6 nitrogen and oxygen atoms in total. The van der Waals surface area contributed by atoms with E-state index in [4.69, 9.17) is 9.47 Å². The molecule has 3 aromatic rings. The van der Waals surface area contributed by atoms with E-state index in [1.807, 2.05) is 28.8 Å². The van der Waals surface area contributed by atoms with Crippen molar-refractivity contribution in [2.24, 2.45) is 0 Å². The summed E-state index contributed by atoms with van der Waals surface area (Å²) in [4.78, 5) is 16.6. The molecule has 0 saturated heterocycles. The van der Waals surface area contributed by atoms with E-state index in [1.54, 1.807) is 24.4 Å². The normalized spacial score (nSPS) is 12.6. The van der Waals surface area contributed by atoms with Crippen molar-refractivity contribution >= 4 is 17.4 Å². The Kier molecular flexibility index (Phi) is 2.53. The van der Waals surface area contributed by atoms with Crippen molar-refractivity contribution in [3.05, 3.63) is 54.4 Å². The van der Waals surface area contributed by atoms with E-state index in [2.05, 4.69) is 10.3 Å². The number of carbonyl (C=O) groups is 1. The van der Waals surface area contributed by atoms with Gasteiger partial charge in [-0.15, -0.1) is 0 Å². The van der Waals surface area contributed by atoms with E-state index in [1.165, 1.54) is 0 Å². The predicted molar refractivity (Wildman–Crippen MR) is 75.7 cm³/mol. The number of carbonyl (C=O) groups excluding carboxylic acids is 1. The Morgan fingerprint density at radius 3 is 3.00 bits per heavy atom. The molecule has 3 heterocycles. The van der Waals surface area contributed by atoms with Crippen LogP contribution in [0, 0.1) is 0 Å². The number of imidazole rings is 1. The van der Waals surface area contributed by atoms with Crippen molar-refractivity contribution < 1.29 is 14.3 Å². The summed E-state index contributed by atoms with van der Waals surface area (Å²) in [5.41, 5.74) is 1.27. The molecule has 0 spiro atoms. The van der Waals surface area contributed by atoms with Crippen LogP contribution in [0.4, 0.5) is 5.82 Å². The van der Waals surface area contributed by atoms with Crippen LogP contribution in [0.5, 0.6) is 11.5 Å². The smallest absolute Gasteiger partial charge is 0.256 e. The van der Waals surface area contributed by atoms with Gasteiger partial charge < -0.3 is 19.2 Å². The number of ether oxygens (including phenoxy) is 2. The average Bonchev–Trinajstić information content (AvgIpc) is 3.11. The van der Waals surface area contributed by atoms with E-state index in [9.17, 15) is 4.79 Å². The molecule has 0 saturated carbocycles. The average molecular weight is 281 g/mol. The summed E-state index contributed by atoms with van der Waals surface area (Å²) in [6.45, 7) is 0.187. The summed E-state index contributed by atoms with van der Waals surface area (Å²) in [5, 5.41) is 2.77. The molecule has 0 fully saturated rings. The zero-order valence-corrected chi connectivity index (χ0v) is 10.9. The molecule has 0 atom stereocenters. The van der Waals surface area contributed by atoms with Gasteiger partial charge in [-0.2, -0.15) is 0 Å². The lowest BCUT2D eigenvalue weighted by atomic mass is 10.2. The first-order valence-electron chi connectivity index (χ1n) is 6.44. The maximum Gasteiger partial charge on any atom is 0.256 e. The molecular formula is C15H11N3O3. The number of anilines is 1. The number of hydrogen-bond acceptors (Lipinski definition) is 4. The first kappa shape index (κ1) is 11.8. The standard InChI is InChI=1S/C15H11N3O3/c19-15(10-4-5-11-12(7-10)21-9-20-11)17-13-8-18-6-2-1-3-14(18)16-13/h1-8H,9H2,(H,17,19). The lowest BCUT2D eigenvalue weighted by molar-refractivity contribution is 0.102. The molecule has 1 aliphatic rings. The zero-order chi connectivity index (χ0) is 14.2. The van der Waals surface area contributed by atoms with Crippen LogP contribution in [-0.2, 0) is 0 Å². The van der Waals surface area contributed by atoms with Crippen molar-refractivity contribution in [3.63, 3.8) is 0 Å². The summed E-state index contributed by atoms with van der Waals surface area (Å²) in [6.07, 6.45) is 3.64. The molecule has 0 unspecified atom stereocenters. The van der Waals surface area contributed by atoms with E-state index in [0.29, 0.717) is 22.9 Å². The van der Waals surface area contributed by atoms with E-state index >= 15 is 0 Å². The van der Waals surface area contributed by atoms with Crippen molar-refractivity contribution in [2.45, 2.75) is 0 Å². The van der Waals surface area contributed by atoms with Crippen LogP contribution in [0.25, 0.3) is 5.65 Å². The number of nitrogens with zero attached hydrogens (tertiary/aromatic N) is 2. The Bertz CT molecular complexity index is 808. The highest BCUT2D eigenvalue weighted by atomic mass is 16.7. The molecule has 104 valence electrons. The summed E-state index contributed by atoms with van der Waals surface area (Å²) in [5.74, 6) is 1.50. The minimum Gasteiger partial charge on any atom is -0.454 e. The van der Waals surface area contributed by atoms with E-state index in [-0.39, 0.29) is 12.7 Å². The minimum absolute atomic E-state index is 0.187. The molecule has 2 aromatic heterocycles. The van der Waals surface area contributed by atoms with Crippen LogP contribution in [-0.4, -0.2) is 22.1 Å². The molecule has 0 bridgehead atoms. The van der Waals surface area contributed by atoms with Crippen molar-refractivity contribution in [1.29, 1.82) is 0 Å². The Morgan fingerprint density at radius 2 is 2.10 bits per heavy atom. The van der Waals surface area contributed by atoms with E-state index < -0.39 is 0 Å². The molecule has 1 amide bonds. The van der Waals surface area contributed by atoms with Gasteiger partial charge in [0.15, 0.2) is 17.3 Å². The highest BCUT2D eigenvalue weighted by Crippen LogP contribution is 2.32. The van der Waals surface area contributed by atoms with Crippen molar-refractivity contribution in [1.82, 2.24) is 9.38 Å². The minimum atomic E-state index is -0.239. The van der Waals surface area contributed by atoms with Gasteiger partial charge in [0.2, 0.25) is 6.79 Å². The fourth-order valence-electron chi connectivity index (χ4n) is 2.22. The number of aromatic nitrogens is 2. The van der Waals surface area contributed by atoms with Crippen molar-refractivity contribution in [2.75, 3.05) is 12.1 Å². The van der Waals surface area contributed by atoms with Gasteiger partial charge in [0, 0.05) is 11.8 Å². The van der Waals surface area contributed by atoms with Crippen LogP contribution in [0.3, 0.4) is 0 Å². The second-order valence-electron chi connectivity index (χ2n) is 4.61. The number of nitrogens with one attached hydrogen (secondary N) is 1. The highest BCUT2D eigenvalue weighted by Gasteiger charge is 2.16. The lowest BCUT2D eigenvalue weighted by Crippen LogP contribution is -2.11. The predicted octanol–water partition coefficient (Wildman–Crippen LogP) is 2.32. The van der Waals surface area contributed by atoms with Gasteiger partial charge in [-0.1, -0.05) is 6.07 Å². The number of fused-ring (bicyclic) bond motifs is 2. The van der Waals surface area contributed by atoms with Crippen molar-refractivity contribution in [3.8, 4) is 11.5 Å². The van der Waals surface area contributed by atoms with Gasteiger partial charge in [0.05, 0.1) is 6.20 Å². The highest BCUT2D eigenvalue weighted by molar-refractivity contribution is 6.04. The maximum atomic E-state index is 12.2. The molecule has 6 heteroatoms. The summed E-state index contributed by atoms with van der Waals surface area (Å²) < 4.78 is 12.3. The van der Waals surface area contributed by atoms with Crippen LogP contribution in [0.1, 0.15) is 10.4 Å². The third-order valence-corrected chi connectivity index (χ3v) is 3.24. The quantitative estimate of drug-likeness (QED) is 0.783. The first-order valence-corrected chi connectivity index (χ1v) is 6.44. The number of hydrogen-bond donors (Lipinski definition) is 1. The molecular weight excluding hydrogens is 270 g/mol. The van der Waals surface area contributed by atoms with Gasteiger partial charge >= 0.3 is 0 Å². The molecule has 0 radical (unpaired) electrons. The van der Waals surface area contributed by atoms with Gasteiger partial charge in [-0.3, -0.25) is 4.79 Å². The molecule has 0 aliphatic carbocycles. The second kappa shape index (κ2) is 4.52. The van der Waals surface area contributed by atoms with Crippen LogP contribution >= 0.6 is 0 Å². The largest absolute Gasteiger partial charge is 0.454 e. The number of pyridine rings is 1. The number of benzene rings is 1. The summed E-state index contributed by atoms with van der Waals surface area (Å²) in [7, 11) is 0. The summed E-state index contributed by atoms with van der Waals surface area (Å²) in [6, 6.07) is 10.7. The third kappa shape index (κ3) is 2.06. The maximum absolute atomic E-state index is 12.2. The Labute approximate surface area is 119 Å². The van der Waals surface area contributed by atoms with Crippen LogP contribution in [0.15, 0.2) is 48.8 Å². The first-order chi connectivity index (χ1) is 10.3. The SMILES string of the molecule is O=C(Nc1cn2ccccc2n1)c1ccc2c(c1)OCO2. The van der Waals surface area contributed by atoms with Gasteiger partial charge in [-0.05, 0) is 30.3 Å². The molecule has 4 rings (SSSR count). The fraction of sp³-hybridized carbons (Fsp3) is 0.0667. The molecule has 1 aromatic carbocycles. The van der Waals surface area contributed by atoms with Gasteiger partial charge in [0.1, 0.15) is 5.65 Å². The number of rotatable bonds is 2. The van der Waals surface area contributed by atoms with E-state index in [0.717, 1.165) is 5.65 Å². The van der Waals surface area contributed by atoms with Gasteiger partial charge in [0.25, 0.3) is 5.91 Å². The fourth-order valence-corrected chi connectivity index (χ4v) is 2.22. The van der Waals surface area contributed by atoms with Crippen LogP contribution < -0.4 is 14.8 Å². The monoisotopic (exact) mass is 281 g/mol. The molecule has 1 N–H and O–H groups in total.